The molecule has 0 aliphatic carbocycles. The van der Waals surface area contributed by atoms with Gasteiger partial charge < -0.3 is 9.47 Å². The molecule has 1 unspecified atom stereocenters. The predicted octanol–water partition coefficient (Wildman–Crippen LogP) is 6.97. The van der Waals surface area contributed by atoms with E-state index in [0.717, 1.165) is 33.8 Å². The molecular formula is C27H22ClF3N2O2. The van der Waals surface area contributed by atoms with Crippen molar-refractivity contribution in [1.29, 1.82) is 0 Å². The molecule has 0 spiro atoms. The molecule has 0 saturated carbocycles. The van der Waals surface area contributed by atoms with Crippen LogP contribution in [-0.4, -0.2) is 23.7 Å². The second-order valence-corrected chi connectivity index (χ2v) is 9.15. The molecule has 1 atom stereocenters. The fraction of sp³-hybridized carbons (Fsp3) is 0.259. The summed E-state index contributed by atoms with van der Waals surface area (Å²) in [6.07, 6.45) is 1.14. The molecule has 0 saturated heterocycles. The predicted molar refractivity (Wildman–Crippen MR) is 129 cm³/mol. The lowest BCUT2D eigenvalue weighted by molar-refractivity contribution is 0.337. The van der Waals surface area contributed by atoms with Gasteiger partial charge in [0.25, 0.3) is 0 Å². The van der Waals surface area contributed by atoms with Crippen LogP contribution in [0.25, 0.3) is 22.2 Å². The van der Waals surface area contributed by atoms with E-state index in [1.807, 2.05) is 38.1 Å². The Morgan fingerprint density at radius 2 is 1.86 bits per heavy atom. The van der Waals surface area contributed by atoms with Gasteiger partial charge in [-0.05, 0) is 61.7 Å². The van der Waals surface area contributed by atoms with Crippen LogP contribution < -0.4 is 9.47 Å². The Morgan fingerprint density at radius 1 is 1.06 bits per heavy atom. The zero-order valence-electron chi connectivity index (χ0n) is 19.4. The minimum absolute atomic E-state index is 0.0658. The van der Waals surface area contributed by atoms with Gasteiger partial charge in [0, 0.05) is 28.1 Å². The summed E-state index contributed by atoms with van der Waals surface area (Å²) in [6.45, 7) is 4.24. The zero-order valence-corrected chi connectivity index (χ0v) is 20.1. The van der Waals surface area contributed by atoms with E-state index in [1.165, 1.54) is 6.07 Å². The molecule has 3 heterocycles. The van der Waals surface area contributed by atoms with Crippen molar-refractivity contribution < 1.29 is 22.6 Å². The van der Waals surface area contributed by atoms with Crippen LogP contribution in [0.3, 0.4) is 0 Å². The SMILES string of the molecule is COc1cc(CCc2cc3c(c(-c4ccc(F)c(F)c4F)n2)OCC3C)cc2cc(Cl)c(C)nc12. The van der Waals surface area contributed by atoms with Gasteiger partial charge in [-0.2, -0.15) is 0 Å². The number of fused-ring (bicyclic) bond motifs is 2. The van der Waals surface area contributed by atoms with Crippen LogP contribution in [0.2, 0.25) is 5.02 Å². The van der Waals surface area contributed by atoms with Gasteiger partial charge in [0.1, 0.15) is 22.7 Å². The van der Waals surface area contributed by atoms with Crippen LogP contribution in [0, 0.1) is 24.4 Å². The van der Waals surface area contributed by atoms with Gasteiger partial charge in [-0.3, -0.25) is 0 Å². The molecule has 0 amide bonds. The van der Waals surface area contributed by atoms with Gasteiger partial charge in [-0.15, -0.1) is 0 Å². The summed E-state index contributed by atoms with van der Waals surface area (Å²) in [5.74, 6) is -2.93. The molecule has 0 fully saturated rings. The molecule has 5 rings (SSSR count). The van der Waals surface area contributed by atoms with Crippen LogP contribution in [0.15, 0.2) is 36.4 Å². The highest BCUT2D eigenvalue weighted by Gasteiger charge is 2.28. The molecule has 1 aliphatic rings. The highest BCUT2D eigenvalue weighted by molar-refractivity contribution is 6.31. The standard InChI is InChI=1S/C27H22ClF3N2O2/c1-13-12-35-27-19(13)11-17(33-26(27)18-6-7-21(29)24(31)23(18)30)5-4-15-8-16-10-20(28)14(2)32-25(16)22(9-15)34-3/h6-11,13H,4-5,12H2,1-3H3. The molecular weight excluding hydrogens is 477 g/mol. The lowest BCUT2D eigenvalue weighted by Crippen LogP contribution is -2.02. The van der Waals surface area contributed by atoms with Gasteiger partial charge in [-0.1, -0.05) is 18.5 Å². The summed E-state index contributed by atoms with van der Waals surface area (Å²) < 4.78 is 53.5. The third-order valence-electron chi connectivity index (χ3n) is 6.31. The summed E-state index contributed by atoms with van der Waals surface area (Å²) in [6, 6.07) is 9.83. The van der Waals surface area contributed by atoms with Crippen LogP contribution in [-0.2, 0) is 12.8 Å². The Hall–Kier alpha value is -3.32. The third-order valence-corrected chi connectivity index (χ3v) is 6.70. The van der Waals surface area contributed by atoms with Gasteiger partial charge in [0.15, 0.2) is 17.5 Å². The van der Waals surface area contributed by atoms with Gasteiger partial charge in [-0.25, -0.2) is 23.1 Å². The third kappa shape index (κ3) is 4.18. The van der Waals surface area contributed by atoms with E-state index < -0.39 is 17.5 Å². The second-order valence-electron chi connectivity index (χ2n) is 8.74. The van der Waals surface area contributed by atoms with Crippen LogP contribution in [0.4, 0.5) is 13.2 Å². The van der Waals surface area contributed by atoms with Crippen molar-refractivity contribution in [1.82, 2.24) is 9.97 Å². The number of methoxy groups -OCH3 is 1. The molecule has 180 valence electrons. The molecule has 2 aromatic carbocycles. The molecule has 1 aliphatic heterocycles. The van der Waals surface area contributed by atoms with Crippen molar-refractivity contribution in [2.75, 3.05) is 13.7 Å². The van der Waals surface area contributed by atoms with E-state index in [4.69, 9.17) is 21.1 Å². The minimum atomic E-state index is -1.53. The number of benzene rings is 2. The summed E-state index contributed by atoms with van der Waals surface area (Å²) in [7, 11) is 1.59. The van der Waals surface area contributed by atoms with Crippen molar-refractivity contribution in [2.45, 2.75) is 32.6 Å². The number of aromatic nitrogens is 2. The lowest BCUT2D eigenvalue weighted by atomic mass is 9.97. The van der Waals surface area contributed by atoms with Crippen molar-refractivity contribution in [3.05, 3.63) is 81.4 Å². The fourth-order valence-electron chi connectivity index (χ4n) is 4.40. The second kappa shape index (κ2) is 9.04. The summed E-state index contributed by atoms with van der Waals surface area (Å²) in [4.78, 5) is 9.15. The highest BCUT2D eigenvalue weighted by Crippen LogP contribution is 2.42. The first-order valence-corrected chi connectivity index (χ1v) is 11.6. The molecule has 4 nitrogen and oxygen atoms in total. The van der Waals surface area contributed by atoms with Gasteiger partial charge in [0.05, 0.1) is 24.4 Å². The van der Waals surface area contributed by atoms with E-state index in [1.54, 1.807) is 7.11 Å². The Balaban J connectivity index is 1.53. The fourth-order valence-corrected chi connectivity index (χ4v) is 4.56. The van der Waals surface area contributed by atoms with E-state index in [2.05, 4.69) is 9.97 Å². The molecule has 0 radical (unpaired) electrons. The first kappa shape index (κ1) is 23.4. The smallest absolute Gasteiger partial charge is 0.195 e. The maximum Gasteiger partial charge on any atom is 0.195 e. The quantitative estimate of drug-likeness (QED) is 0.279. The Morgan fingerprint density at radius 3 is 2.63 bits per heavy atom. The molecule has 8 heteroatoms. The monoisotopic (exact) mass is 498 g/mol. The largest absolute Gasteiger partial charge is 0.494 e. The lowest BCUT2D eigenvalue weighted by Gasteiger charge is -2.13. The number of ether oxygens (including phenoxy) is 2. The summed E-state index contributed by atoms with van der Waals surface area (Å²) in [5.41, 5.74) is 4.07. The average molecular weight is 499 g/mol. The van der Waals surface area contributed by atoms with E-state index in [9.17, 15) is 13.2 Å². The first-order valence-electron chi connectivity index (χ1n) is 11.2. The van der Waals surface area contributed by atoms with Gasteiger partial charge >= 0.3 is 0 Å². The number of aryl methyl sites for hydroxylation is 3. The Bertz CT molecular complexity index is 1480. The average Bonchev–Trinajstić information content (AvgIpc) is 3.22. The van der Waals surface area contributed by atoms with Gasteiger partial charge in [0.2, 0.25) is 0 Å². The molecule has 4 aromatic rings. The van der Waals surface area contributed by atoms with E-state index in [-0.39, 0.29) is 17.2 Å². The summed E-state index contributed by atoms with van der Waals surface area (Å²) >= 11 is 6.28. The highest BCUT2D eigenvalue weighted by atomic mass is 35.5. The number of pyridine rings is 2. The van der Waals surface area contributed by atoms with Crippen molar-refractivity contribution >= 4 is 22.5 Å². The maximum atomic E-state index is 14.6. The number of hydrogen-bond donors (Lipinski definition) is 0. The van der Waals surface area contributed by atoms with Crippen LogP contribution in [0.5, 0.6) is 11.5 Å². The first-order chi connectivity index (χ1) is 16.8. The van der Waals surface area contributed by atoms with E-state index >= 15 is 0 Å². The Kier molecular flexibility index (Phi) is 6.05. The summed E-state index contributed by atoms with van der Waals surface area (Å²) in [5, 5.41) is 1.44. The molecule has 35 heavy (non-hydrogen) atoms. The van der Waals surface area contributed by atoms with Crippen molar-refractivity contribution in [3.8, 4) is 22.8 Å². The number of halogens is 4. The zero-order chi connectivity index (χ0) is 24.9. The Labute approximate surface area is 205 Å². The van der Waals surface area contributed by atoms with Crippen LogP contribution in [0.1, 0.15) is 35.4 Å². The van der Waals surface area contributed by atoms with Crippen LogP contribution >= 0.6 is 11.6 Å². The number of nitrogens with zero attached hydrogens (tertiary/aromatic N) is 2. The molecule has 2 aromatic heterocycles. The van der Waals surface area contributed by atoms with Crippen molar-refractivity contribution in [2.24, 2.45) is 0 Å². The normalized spacial score (nSPS) is 14.8. The van der Waals surface area contributed by atoms with E-state index in [0.29, 0.717) is 41.7 Å². The molecule has 0 N–H and O–H groups in total. The maximum absolute atomic E-state index is 14.6. The number of rotatable bonds is 5. The minimum Gasteiger partial charge on any atom is -0.494 e. The van der Waals surface area contributed by atoms with Crippen molar-refractivity contribution in [3.63, 3.8) is 0 Å². The molecule has 0 bridgehead atoms. The number of hydrogen-bond acceptors (Lipinski definition) is 4. The topological polar surface area (TPSA) is 44.2 Å².